The number of anilines is 1. The third-order valence-electron chi connectivity index (χ3n) is 8.28. The highest BCUT2D eigenvalue weighted by molar-refractivity contribution is 7.13. The minimum atomic E-state index is -0.960. The van der Waals surface area contributed by atoms with Crippen LogP contribution in [0.1, 0.15) is 56.1 Å². The standard InChI is InChI=1S/C36H47N5O8S/c1-23-31(50-22-37-23)24-9-13-26(14-10-24)40(5)39-33(44)29-19-27(42)20-41(29)34(45)32(36(2,3)4)38-30(43)21-48-17-7-8-18-49-28-15-11-25(12-16-28)35(46)47-6/h9-16,22,27,29,32,42H,7-8,17-21H2,1-6H3,(H,38,43)(H,39,44)/t27-,29+,32?/m1/s1. The number of nitrogens with zero attached hydrogens (tertiary/aromatic N) is 3. The first-order chi connectivity index (χ1) is 23.8. The molecule has 0 aliphatic carbocycles. The molecule has 13 nitrogen and oxygen atoms in total. The number of rotatable bonds is 15. The number of carbonyl (C=O) groups excluding carboxylic acids is 4. The van der Waals surface area contributed by atoms with E-state index in [4.69, 9.17) is 9.47 Å². The van der Waals surface area contributed by atoms with Crippen molar-refractivity contribution in [3.8, 4) is 16.2 Å². The number of aromatic nitrogens is 1. The van der Waals surface area contributed by atoms with Crippen LogP contribution in [0.25, 0.3) is 10.4 Å². The van der Waals surface area contributed by atoms with Crippen molar-refractivity contribution in [3.63, 3.8) is 0 Å². The molecule has 1 unspecified atom stereocenters. The highest BCUT2D eigenvalue weighted by Gasteiger charge is 2.44. The van der Waals surface area contributed by atoms with Gasteiger partial charge in [-0.05, 0) is 67.1 Å². The van der Waals surface area contributed by atoms with Crippen LogP contribution in [0.4, 0.5) is 5.69 Å². The largest absolute Gasteiger partial charge is 0.494 e. The highest BCUT2D eigenvalue weighted by atomic mass is 32.1. The maximum atomic E-state index is 13.9. The summed E-state index contributed by atoms with van der Waals surface area (Å²) in [5.74, 6) is -1.14. The first-order valence-corrected chi connectivity index (χ1v) is 17.4. The van der Waals surface area contributed by atoms with E-state index in [2.05, 4.69) is 20.5 Å². The normalized spacial score (nSPS) is 16.4. The Hall–Kier alpha value is -4.53. The number of aryl methyl sites for hydroxylation is 1. The monoisotopic (exact) mass is 709 g/mol. The van der Waals surface area contributed by atoms with Crippen LogP contribution < -0.4 is 20.5 Å². The summed E-state index contributed by atoms with van der Waals surface area (Å²) in [4.78, 5) is 58.5. The van der Waals surface area contributed by atoms with Crippen molar-refractivity contribution in [2.24, 2.45) is 5.41 Å². The predicted octanol–water partition coefficient (Wildman–Crippen LogP) is 3.74. The molecule has 0 bridgehead atoms. The third-order valence-corrected chi connectivity index (χ3v) is 9.26. The van der Waals surface area contributed by atoms with Crippen molar-refractivity contribution >= 4 is 40.7 Å². The minimum absolute atomic E-state index is 0.0278. The number of hydrogen-bond acceptors (Lipinski definition) is 11. The summed E-state index contributed by atoms with van der Waals surface area (Å²) in [7, 11) is 3.03. The highest BCUT2D eigenvalue weighted by Crippen LogP contribution is 2.29. The summed E-state index contributed by atoms with van der Waals surface area (Å²) >= 11 is 1.56. The predicted molar refractivity (Wildman–Crippen MR) is 190 cm³/mol. The van der Waals surface area contributed by atoms with E-state index in [9.17, 15) is 24.3 Å². The maximum Gasteiger partial charge on any atom is 0.337 e. The molecule has 3 atom stereocenters. The molecule has 4 rings (SSSR count). The van der Waals surface area contributed by atoms with E-state index in [1.165, 1.54) is 12.0 Å². The zero-order chi connectivity index (χ0) is 36.4. The van der Waals surface area contributed by atoms with Crippen LogP contribution in [-0.2, 0) is 23.9 Å². The Bertz CT molecular complexity index is 1610. The van der Waals surface area contributed by atoms with Gasteiger partial charge in [0.25, 0.3) is 5.91 Å². The molecular weight excluding hydrogens is 662 g/mol. The fourth-order valence-electron chi connectivity index (χ4n) is 5.51. The number of hydrazine groups is 1. The number of thiazole rings is 1. The van der Waals surface area contributed by atoms with Crippen molar-refractivity contribution < 1.29 is 38.5 Å². The topological polar surface area (TPSA) is 160 Å². The Morgan fingerprint density at radius 3 is 2.36 bits per heavy atom. The molecule has 2 aromatic carbocycles. The second-order valence-corrected chi connectivity index (χ2v) is 14.1. The van der Waals surface area contributed by atoms with Gasteiger partial charge in [0.1, 0.15) is 24.4 Å². The van der Waals surface area contributed by atoms with Gasteiger partial charge in [0, 0.05) is 26.6 Å². The first-order valence-electron chi connectivity index (χ1n) is 16.5. The van der Waals surface area contributed by atoms with Crippen LogP contribution in [0.2, 0.25) is 0 Å². The molecule has 50 heavy (non-hydrogen) atoms. The Kier molecular flexibility index (Phi) is 13.3. The van der Waals surface area contributed by atoms with Crippen molar-refractivity contribution in [1.29, 1.82) is 0 Å². The smallest absolute Gasteiger partial charge is 0.337 e. The molecule has 270 valence electrons. The number of amides is 3. The lowest BCUT2D eigenvalue weighted by Gasteiger charge is -2.35. The van der Waals surface area contributed by atoms with E-state index in [-0.39, 0.29) is 19.6 Å². The van der Waals surface area contributed by atoms with Gasteiger partial charge in [-0.25, -0.2) is 9.78 Å². The Morgan fingerprint density at radius 1 is 1.06 bits per heavy atom. The number of unbranched alkanes of at least 4 members (excludes halogenated alkanes) is 1. The van der Waals surface area contributed by atoms with E-state index in [1.54, 1.807) is 53.2 Å². The van der Waals surface area contributed by atoms with Gasteiger partial charge in [-0.3, -0.25) is 24.8 Å². The van der Waals surface area contributed by atoms with E-state index in [0.29, 0.717) is 37.4 Å². The Balaban J connectivity index is 1.25. The molecule has 2 heterocycles. The van der Waals surface area contributed by atoms with Crippen molar-refractivity contribution in [2.75, 3.05) is 45.5 Å². The van der Waals surface area contributed by atoms with Gasteiger partial charge in [0.2, 0.25) is 11.8 Å². The quantitative estimate of drug-likeness (QED) is 0.121. The van der Waals surface area contributed by atoms with Gasteiger partial charge < -0.3 is 29.5 Å². The van der Waals surface area contributed by atoms with E-state index >= 15 is 0 Å². The molecule has 14 heteroatoms. The van der Waals surface area contributed by atoms with Gasteiger partial charge in [-0.2, -0.15) is 0 Å². The second-order valence-electron chi connectivity index (χ2n) is 13.2. The molecule has 1 aromatic heterocycles. The molecule has 1 fully saturated rings. The number of aliphatic hydroxyl groups is 1. The average Bonchev–Trinajstić information content (AvgIpc) is 3.71. The Labute approximate surface area is 296 Å². The van der Waals surface area contributed by atoms with E-state index < -0.39 is 47.3 Å². The number of carbonyl (C=O) groups is 4. The zero-order valence-electron chi connectivity index (χ0n) is 29.4. The fraction of sp³-hybridized carbons (Fsp3) is 0.472. The SMILES string of the molecule is COC(=O)c1ccc(OCCCCOCC(=O)NC(C(=O)N2C[C@H](O)C[C@H]2C(=O)NN(C)c2ccc(-c3scnc3C)cc2)C(C)(C)C)cc1. The number of ether oxygens (including phenoxy) is 3. The van der Waals surface area contributed by atoms with Crippen LogP contribution in [-0.4, -0.2) is 97.4 Å². The summed E-state index contributed by atoms with van der Waals surface area (Å²) in [6.45, 7) is 7.91. The maximum absolute atomic E-state index is 13.9. The van der Waals surface area contributed by atoms with Gasteiger partial charge in [0.15, 0.2) is 0 Å². The first kappa shape index (κ1) is 38.3. The van der Waals surface area contributed by atoms with Crippen LogP contribution in [0.15, 0.2) is 54.0 Å². The molecule has 3 amide bonds. The Morgan fingerprint density at radius 2 is 1.74 bits per heavy atom. The van der Waals surface area contributed by atoms with Crippen molar-refractivity contribution in [1.82, 2.24) is 20.6 Å². The fourth-order valence-corrected chi connectivity index (χ4v) is 6.32. The number of aliphatic hydroxyl groups excluding tert-OH is 1. The van der Waals surface area contributed by atoms with Crippen molar-refractivity contribution in [3.05, 3.63) is 65.3 Å². The zero-order valence-corrected chi connectivity index (χ0v) is 30.2. The summed E-state index contributed by atoms with van der Waals surface area (Å²) in [6, 6.07) is 12.5. The number of hydrogen-bond donors (Lipinski definition) is 3. The summed E-state index contributed by atoms with van der Waals surface area (Å²) in [5, 5.41) is 14.9. The number of nitrogens with one attached hydrogen (secondary N) is 2. The number of likely N-dealkylation sites (tertiary alicyclic amines) is 1. The summed E-state index contributed by atoms with van der Waals surface area (Å²) in [6.07, 6.45) is 0.509. The van der Waals surface area contributed by atoms with Crippen LogP contribution in [0.5, 0.6) is 5.75 Å². The lowest BCUT2D eigenvalue weighted by Crippen LogP contribution is -2.59. The molecule has 0 radical (unpaired) electrons. The number of esters is 1. The number of methoxy groups -OCH3 is 1. The van der Waals surface area contributed by atoms with Gasteiger partial charge in [0.05, 0.1) is 47.2 Å². The molecule has 0 spiro atoms. The van der Waals surface area contributed by atoms with Crippen LogP contribution >= 0.6 is 11.3 Å². The summed E-state index contributed by atoms with van der Waals surface area (Å²) in [5.41, 5.74) is 7.10. The van der Waals surface area contributed by atoms with Gasteiger partial charge in [-0.15, -0.1) is 11.3 Å². The van der Waals surface area contributed by atoms with E-state index in [1.807, 2.05) is 52.0 Å². The van der Waals surface area contributed by atoms with E-state index in [0.717, 1.165) is 21.8 Å². The third kappa shape index (κ3) is 10.2. The molecule has 3 aromatic rings. The molecule has 1 aliphatic heterocycles. The number of β-amino-alcohol motifs (C(OH)–C–C–N with tert-alkyl or cyclic N) is 1. The van der Waals surface area contributed by atoms with Gasteiger partial charge >= 0.3 is 5.97 Å². The minimum Gasteiger partial charge on any atom is -0.494 e. The molecule has 1 aliphatic rings. The van der Waals surface area contributed by atoms with Gasteiger partial charge in [-0.1, -0.05) is 32.9 Å². The summed E-state index contributed by atoms with van der Waals surface area (Å²) < 4.78 is 15.9. The molecule has 1 saturated heterocycles. The average molecular weight is 710 g/mol. The van der Waals surface area contributed by atoms with Crippen molar-refractivity contribution in [2.45, 2.75) is 65.1 Å². The van der Waals surface area contributed by atoms with Crippen LogP contribution in [0.3, 0.4) is 0 Å². The lowest BCUT2D eigenvalue weighted by molar-refractivity contribution is -0.144. The second kappa shape index (κ2) is 17.4. The lowest BCUT2D eigenvalue weighted by atomic mass is 9.85. The number of benzene rings is 2. The molecule has 0 saturated carbocycles. The van der Waals surface area contributed by atoms with Crippen LogP contribution in [0, 0.1) is 12.3 Å². The molecule has 3 N–H and O–H groups in total. The molecular formula is C36H47N5O8S.